The first kappa shape index (κ1) is 17.2. The van der Waals surface area contributed by atoms with E-state index in [9.17, 15) is 4.79 Å². The zero-order valence-corrected chi connectivity index (χ0v) is 14.7. The van der Waals surface area contributed by atoms with Crippen molar-refractivity contribution in [3.63, 3.8) is 0 Å². The fraction of sp³-hybridized carbons (Fsp3) is 0.300. The van der Waals surface area contributed by atoms with Crippen molar-refractivity contribution in [2.24, 2.45) is 0 Å². The lowest BCUT2D eigenvalue weighted by molar-refractivity contribution is 0.272. The number of fused-ring (bicyclic) bond motifs is 1. The standard InChI is InChI=1S/C20H22N2O3/c1-13-8-14(2)21-10-17(13)11-22-15(3)12-24-18-6-4-16-5-7-20(23)25-19(16)9-18/h4-10,15,22H,11-12H2,1-3H3. The number of aromatic nitrogens is 1. The van der Waals surface area contributed by atoms with Gasteiger partial charge in [0.05, 0.1) is 0 Å². The summed E-state index contributed by atoms with van der Waals surface area (Å²) in [5, 5.41) is 4.31. The maximum absolute atomic E-state index is 11.3. The van der Waals surface area contributed by atoms with Gasteiger partial charge in [0.2, 0.25) is 0 Å². The van der Waals surface area contributed by atoms with Gasteiger partial charge in [-0.2, -0.15) is 0 Å². The van der Waals surface area contributed by atoms with E-state index in [2.05, 4.69) is 30.2 Å². The third kappa shape index (κ3) is 4.45. The molecule has 3 rings (SSSR count). The van der Waals surface area contributed by atoms with Crippen molar-refractivity contribution in [1.82, 2.24) is 10.3 Å². The van der Waals surface area contributed by atoms with Crippen molar-refractivity contribution in [3.8, 4) is 5.75 Å². The fourth-order valence-electron chi connectivity index (χ4n) is 2.61. The number of aryl methyl sites for hydroxylation is 2. The lowest BCUT2D eigenvalue weighted by atomic mass is 10.1. The highest BCUT2D eigenvalue weighted by Crippen LogP contribution is 2.19. The quantitative estimate of drug-likeness (QED) is 0.698. The van der Waals surface area contributed by atoms with Gasteiger partial charge in [-0.1, -0.05) is 0 Å². The Labute approximate surface area is 146 Å². The van der Waals surface area contributed by atoms with Crippen LogP contribution in [0.2, 0.25) is 0 Å². The minimum Gasteiger partial charge on any atom is -0.492 e. The van der Waals surface area contributed by atoms with Crippen molar-refractivity contribution in [1.29, 1.82) is 0 Å². The Morgan fingerprint density at radius 1 is 1.20 bits per heavy atom. The van der Waals surface area contributed by atoms with E-state index >= 15 is 0 Å². The molecule has 0 radical (unpaired) electrons. The summed E-state index contributed by atoms with van der Waals surface area (Å²) in [6.07, 6.45) is 1.91. The van der Waals surface area contributed by atoms with Gasteiger partial charge in [0.15, 0.2) is 0 Å². The molecule has 0 aliphatic heterocycles. The van der Waals surface area contributed by atoms with Crippen LogP contribution in [-0.2, 0) is 6.54 Å². The van der Waals surface area contributed by atoms with Gasteiger partial charge in [-0.05, 0) is 56.2 Å². The van der Waals surface area contributed by atoms with Crippen LogP contribution in [0.4, 0.5) is 0 Å². The van der Waals surface area contributed by atoms with Crippen molar-refractivity contribution in [2.75, 3.05) is 6.61 Å². The molecule has 130 valence electrons. The highest BCUT2D eigenvalue weighted by molar-refractivity contribution is 5.77. The van der Waals surface area contributed by atoms with E-state index in [4.69, 9.17) is 9.15 Å². The molecule has 1 aromatic carbocycles. The molecule has 5 nitrogen and oxygen atoms in total. The maximum atomic E-state index is 11.3. The van der Waals surface area contributed by atoms with Gasteiger partial charge >= 0.3 is 5.63 Å². The van der Waals surface area contributed by atoms with Crippen LogP contribution in [0.5, 0.6) is 5.75 Å². The van der Waals surface area contributed by atoms with Crippen molar-refractivity contribution < 1.29 is 9.15 Å². The summed E-state index contributed by atoms with van der Waals surface area (Å²) < 4.78 is 11.0. The molecule has 0 aliphatic rings. The second-order valence-corrected chi connectivity index (χ2v) is 6.30. The number of nitrogens with zero attached hydrogens (tertiary/aromatic N) is 1. The first-order valence-corrected chi connectivity index (χ1v) is 8.33. The summed E-state index contributed by atoms with van der Waals surface area (Å²) in [4.78, 5) is 15.6. The molecule has 2 heterocycles. The summed E-state index contributed by atoms with van der Waals surface area (Å²) in [7, 11) is 0. The predicted octanol–water partition coefficient (Wildman–Crippen LogP) is 3.36. The maximum Gasteiger partial charge on any atom is 0.336 e. The Bertz CT molecular complexity index is 934. The molecule has 2 aromatic heterocycles. The number of hydrogen-bond donors (Lipinski definition) is 1. The molecule has 1 atom stereocenters. The van der Waals surface area contributed by atoms with Crippen molar-refractivity contribution in [2.45, 2.75) is 33.4 Å². The van der Waals surface area contributed by atoms with Gasteiger partial charge in [-0.25, -0.2) is 4.79 Å². The van der Waals surface area contributed by atoms with Crippen molar-refractivity contribution >= 4 is 11.0 Å². The van der Waals surface area contributed by atoms with E-state index in [0.717, 1.165) is 17.6 Å². The molecule has 0 saturated heterocycles. The summed E-state index contributed by atoms with van der Waals surface area (Å²) in [6.45, 7) is 7.41. The average molecular weight is 338 g/mol. The molecule has 0 aliphatic carbocycles. The molecule has 3 aromatic rings. The smallest absolute Gasteiger partial charge is 0.336 e. The van der Waals surface area contributed by atoms with Gasteiger partial charge in [0, 0.05) is 42.0 Å². The van der Waals surface area contributed by atoms with Crippen LogP contribution in [0.1, 0.15) is 23.7 Å². The van der Waals surface area contributed by atoms with E-state index in [-0.39, 0.29) is 11.7 Å². The van der Waals surface area contributed by atoms with Crippen LogP contribution in [0.3, 0.4) is 0 Å². The van der Waals surface area contributed by atoms with E-state index in [1.165, 1.54) is 17.2 Å². The van der Waals surface area contributed by atoms with Crippen LogP contribution in [0.15, 0.2) is 51.8 Å². The Morgan fingerprint density at radius 3 is 2.80 bits per heavy atom. The zero-order chi connectivity index (χ0) is 17.8. The largest absolute Gasteiger partial charge is 0.492 e. The van der Waals surface area contributed by atoms with Gasteiger partial charge in [0.1, 0.15) is 17.9 Å². The number of benzene rings is 1. The molecule has 0 saturated carbocycles. The first-order valence-electron chi connectivity index (χ1n) is 8.33. The normalized spacial score (nSPS) is 12.3. The molecular weight excluding hydrogens is 316 g/mol. The summed E-state index contributed by atoms with van der Waals surface area (Å²) >= 11 is 0. The molecule has 0 fully saturated rings. The first-order chi connectivity index (χ1) is 12.0. The molecule has 25 heavy (non-hydrogen) atoms. The van der Waals surface area contributed by atoms with Gasteiger partial charge in [-0.15, -0.1) is 0 Å². The fourth-order valence-corrected chi connectivity index (χ4v) is 2.61. The molecule has 0 spiro atoms. The monoisotopic (exact) mass is 338 g/mol. The minimum absolute atomic E-state index is 0.166. The van der Waals surface area contributed by atoms with Crippen LogP contribution >= 0.6 is 0 Å². The van der Waals surface area contributed by atoms with Crippen LogP contribution < -0.4 is 15.7 Å². The van der Waals surface area contributed by atoms with Crippen LogP contribution in [0.25, 0.3) is 11.0 Å². The van der Waals surface area contributed by atoms with Crippen LogP contribution in [-0.4, -0.2) is 17.6 Å². The van der Waals surface area contributed by atoms with Crippen molar-refractivity contribution in [3.05, 3.63) is 69.8 Å². The number of ether oxygens (including phenoxy) is 1. The van der Waals surface area contributed by atoms with E-state index in [1.54, 1.807) is 12.1 Å². The van der Waals surface area contributed by atoms with E-state index < -0.39 is 0 Å². The molecule has 0 bridgehead atoms. The SMILES string of the molecule is Cc1cc(C)c(CNC(C)COc2ccc3ccc(=O)oc3c2)cn1. The lowest BCUT2D eigenvalue weighted by Crippen LogP contribution is -2.31. The van der Waals surface area contributed by atoms with Gasteiger partial charge in [0.25, 0.3) is 0 Å². The van der Waals surface area contributed by atoms with Crippen LogP contribution in [0, 0.1) is 13.8 Å². The average Bonchev–Trinajstić information content (AvgIpc) is 2.58. The predicted molar refractivity (Wildman–Crippen MR) is 98.0 cm³/mol. The number of hydrogen-bond acceptors (Lipinski definition) is 5. The Morgan fingerprint density at radius 2 is 2.00 bits per heavy atom. The lowest BCUT2D eigenvalue weighted by Gasteiger charge is -2.16. The molecule has 5 heteroatoms. The van der Waals surface area contributed by atoms with E-state index in [1.807, 2.05) is 25.3 Å². The zero-order valence-electron chi connectivity index (χ0n) is 14.7. The molecular formula is C20H22N2O3. The molecule has 1 N–H and O–H groups in total. The van der Waals surface area contributed by atoms with Gasteiger partial charge in [-0.3, -0.25) is 4.98 Å². The third-order valence-electron chi connectivity index (χ3n) is 4.09. The highest BCUT2D eigenvalue weighted by atomic mass is 16.5. The molecule has 1 unspecified atom stereocenters. The molecule has 0 amide bonds. The Balaban J connectivity index is 1.56. The second-order valence-electron chi connectivity index (χ2n) is 6.30. The third-order valence-corrected chi connectivity index (χ3v) is 4.09. The Kier molecular flexibility index (Phi) is 5.14. The van der Waals surface area contributed by atoms with Gasteiger partial charge < -0.3 is 14.5 Å². The number of rotatable bonds is 6. The Hall–Kier alpha value is -2.66. The summed E-state index contributed by atoms with van der Waals surface area (Å²) in [5.41, 5.74) is 3.62. The topological polar surface area (TPSA) is 64.4 Å². The highest BCUT2D eigenvalue weighted by Gasteiger charge is 2.06. The summed E-state index contributed by atoms with van der Waals surface area (Å²) in [6, 6.07) is 10.9. The second kappa shape index (κ2) is 7.49. The number of pyridine rings is 1. The van der Waals surface area contributed by atoms with E-state index in [0.29, 0.717) is 17.9 Å². The minimum atomic E-state index is -0.359. The summed E-state index contributed by atoms with van der Waals surface area (Å²) in [5.74, 6) is 0.684. The number of nitrogens with one attached hydrogen (secondary N) is 1.